The van der Waals surface area contributed by atoms with Crippen molar-refractivity contribution in [2.24, 2.45) is 11.1 Å². The van der Waals surface area contributed by atoms with Crippen molar-refractivity contribution in [1.29, 1.82) is 5.41 Å². The smallest absolute Gasteiger partial charge is 0.167 e. The first-order valence-electron chi connectivity index (χ1n) is 5.73. The number of aryl methyl sites for hydroxylation is 1. The summed E-state index contributed by atoms with van der Waals surface area (Å²) in [5.41, 5.74) is 5.95. The van der Waals surface area contributed by atoms with E-state index < -0.39 is 0 Å². The summed E-state index contributed by atoms with van der Waals surface area (Å²) in [5, 5.41) is 7.30. The number of amidine groups is 1. The van der Waals surface area contributed by atoms with Gasteiger partial charge >= 0.3 is 0 Å². The fraction of sp³-hybridized carbons (Fsp3) is 0.462. The van der Waals surface area contributed by atoms with Crippen LogP contribution < -0.4 is 10.5 Å². The molecule has 0 saturated heterocycles. The molecule has 0 heterocycles. The van der Waals surface area contributed by atoms with E-state index in [1.54, 1.807) is 25.1 Å². The number of nitrogens with one attached hydrogen (secondary N) is 1. The molecular weight excluding hydrogens is 219 g/mol. The molecule has 0 aliphatic heterocycles. The van der Waals surface area contributed by atoms with Gasteiger partial charge in [-0.1, -0.05) is 12.1 Å². The molecular formula is C13H17FN2O. The molecule has 1 aromatic rings. The maximum absolute atomic E-state index is 13.7. The van der Waals surface area contributed by atoms with Gasteiger partial charge in [0.1, 0.15) is 0 Å². The zero-order valence-corrected chi connectivity index (χ0v) is 9.92. The van der Waals surface area contributed by atoms with E-state index in [-0.39, 0.29) is 17.1 Å². The Kier molecular flexibility index (Phi) is 3.05. The minimum absolute atomic E-state index is 0.0258. The maximum Gasteiger partial charge on any atom is 0.167 e. The molecule has 1 aliphatic carbocycles. The summed E-state index contributed by atoms with van der Waals surface area (Å²) < 4.78 is 19.2. The van der Waals surface area contributed by atoms with Crippen molar-refractivity contribution in [2.45, 2.75) is 26.2 Å². The quantitative estimate of drug-likeness (QED) is 0.610. The first kappa shape index (κ1) is 11.9. The largest absolute Gasteiger partial charge is 0.490 e. The molecule has 3 nitrogen and oxygen atoms in total. The maximum atomic E-state index is 13.7. The summed E-state index contributed by atoms with van der Waals surface area (Å²) in [4.78, 5) is 0. The molecule has 1 fully saturated rings. The van der Waals surface area contributed by atoms with E-state index in [0.29, 0.717) is 24.3 Å². The van der Waals surface area contributed by atoms with Crippen LogP contribution in [0.25, 0.3) is 0 Å². The Morgan fingerprint density at radius 1 is 1.53 bits per heavy atom. The molecule has 4 heteroatoms. The van der Waals surface area contributed by atoms with Crippen LogP contribution in [0, 0.1) is 23.6 Å². The fourth-order valence-electron chi connectivity index (χ4n) is 1.92. The third-order valence-corrected chi connectivity index (χ3v) is 3.21. The molecule has 0 amide bonds. The molecule has 2 rings (SSSR count). The van der Waals surface area contributed by atoms with Crippen molar-refractivity contribution in [3.05, 3.63) is 29.6 Å². The van der Waals surface area contributed by atoms with Gasteiger partial charge < -0.3 is 10.5 Å². The Bertz CT molecular complexity index is 441. The number of ether oxygens (including phenoxy) is 1. The molecule has 1 aromatic carbocycles. The van der Waals surface area contributed by atoms with Gasteiger partial charge in [-0.25, -0.2) is 4.39 Å². The van der Waals surface area contributed by atoms with Crippen molar-refractivity contribution in [3.63, 3.8) is 0 Å². The van der Waals surface area contributed by atoms with E-state index in [9.17, 15) is 4.39 Å². The Labute approximate surface area is 100 Å². The second-order valence-corrected chi connectivity index (χ2v) is 4.88. The lowest BCUT2D eigenvalue weighted by molar-refractivity contribution is 0.229. The summed E-state index contributed by atoms with van der Waals surface area (Å²) >= 11 is 0. The Balaban J connectivity index is 1.98. The average Bonchev–Trinajstić information content (AvgIpc) is 3.00. The zero-order chi connectivity index (χ0) is 12.5. The predicted molar refractivity (Wildman–Crippen MR) is 64.8 cm³/mol. The molecule has 0 spiro atoms. The normalized spacial score (nSPS) is 16.6. The van der Waals surface area contributed by atoms with Gasteiger partial charge in [0.15, 0.2) is 11.6 Å². The Morgan fingerprint density at radius 2 is 2.24 bits per heavy atom. The molecule has 0 unspecified atom stereocenters. The lowest BCUT2D eigenvalue weighted by Crippen LogP contribution is -2.22. The van der Waals surface area contributed by atoms with Crippen molar-refractivity contribution in [1.82, 2.24) is 0 Å². The van der Waals surface area contributed by atoms with E-state index in [1.807, 2.05) is 0 Å². The SMILES string of the molecule is Cc1cccc(OCC2(CC(=N)N)CC2)c1F. The van der Waals surface area contributed by atoms with E-state index in [4.69, 9.17) is 15.9 Å². The van der Waals surface area contributed by atoms with E-state index in [2.05, 4.69) is 0 Å². The number of nitrogens with two attached hydrogens (primary N) is 1. The van der Waals surface area contributed by atoms with Gasteiger partial charge in [-0.2, -0.15) is 0 Å². The summed E-state index contributed by atoms with van der Waals surface area (Å²) in [6.07, 6.45) is 2.54. The Morgan fingerprint density at radius 3 is 2.82 bits per heavy atom. The number of rotatable bonds is 5. The first-order valence-corrected chi connectivity index (χ1v) is 5.73. The lowest BCUT2D eigenvalue weighted by atomic mass is 10.0. The first-order chi connectivity index (χ1) is 8.02. The number of benzene rings is 1. The second-order valence-electron chi connectivity index (χ2n) is 4.88. The molecule has 92 valence electrons. The number of halogens is 1. The molecule has 17 heavy (non-hydrogen) atoms. The molecule has 1 aliphatic rings. The van der Waals surface area contributed by atoms with Gasteiger partial charge in [-0.3, -0.25) is 5.41 Å². The van der Waals surface area contributed by atoms with Gasteiger partial charge in [0.2, 0.25) is 0 Å². The summed E-state index contributed by atoms with van der Waals surface area (Å²) in [6.45, 7) is 2.15. The monoisotopic (exact) mass is 236 g/mol. The lowest BCUT2D eigenvalue weighted by Gasteiger charge is -2.16. The number of hydrogen-bond acceptors (Lipinski definition) is 2. The van der Waals surface area contributed by atoms with Crippen LogP contribution in [0.3, 0.4) is 0 Å². The van der Waals surface area contributed by atoms with Crippen LogP contribution in [0.1, 0.15) is 24.8 Å². The van der Waals surface area contributed by atoms with Crippen molar-refractivity contribution >= 4 is 5.84 Å². The summed E-state index contributed by atoms with van der Waals surface area (Å²) in [5.74, 6) is 0.168. The third kappa shape index (κ3) is 2.75. The van der Waals surface area contributed by atoms with Crippen molar-refractivity contribution < 1.29 is 9.13 Å². The minimum atomic E-state index is -0.300. The summed E-state index contributed by atoms with van der Waals surface area (Å²) in [7, 11) is 0. The van der Waals surface area contributed by atoms with Crippen LogP contribution in [0.15, 0.2) is 18.2 Å². The van der Waals surface area contributed by atoms with Gasteiger partial charge in [-0.05, 0) is 31.4 Å². The predicted octanol–water partition coefficient (Wildman–Crippen LogP) is 2.62. The molecule has 0 radical (unpaired) electrons. The van der Waals surface area contributed by atoms with Crippen molar-refractivity contribution in [2.75, 3.05) is 6.61 Å². The van der Waals surface area contributed by atoms with Crippen LogP contribution in [0.2, 0.25) is 0 Å². The van der Waals surface area contributed by atoms with Crippen LogP contribution in [-0.4, -0.2) is 12.4 Å². The van der Waals surface area contributed by atoms with Crippen molar-refractivity contribution in [3.8, 4) is 5.75 Å². The molecule has 0 aromatic heterocycles. The van der Waals surface area contributed by atoms with E-state index in [0.717, 1.165) is 12.8 Å². The molecule has 1 saturated carbocycles. The third-order valence-electron chi connectivity index (χ3n) is 3.21. The van der Waals surface area contributed by atoms with Gasteiger partial charge in [-0.15, -0.1) is 0 Å². The highest BCUT2D eigenvalue weighted by molar-refractivity contribution is 5.78. The van der Waals surface area contributed by atoms with E-state index >= 15 is 0 Å². The molecule has 3 N–H and O–H groups in total. The van der Waals surface area contributed by atoms with Crippen LogP contribution in [0.5, 0.6) is 5.75 Å². The van der Waals surface area contributed by atoms with Gasteiger partial charge in [0, 0.05) is 11.8 Å². The summed E-state index contributed by atoms with van der Waals surface area (Å²) in [6, 6.07) is 5.12. The molecule has 0 bridgehead atoms. The fourth-order valence-corrected chi connectivity index (χ4v) is 1.92. The highest BCUT2D eigenvalue weighted by atomic mass is 19.1. The Hall–Kier alpha value is -1.58. The van der Waals surface area contributed by atoms with E-state index in [1.165, 1.54) is 0 Å². The number of hydrogen-bond donors (Lipinski definition) is 2. The highest BCUT2D eigenvalue weighted by Crippen LogP contribution is 2.49. The average molecular weight is 236 g/mol. The standard InChI is InChI=1S/C13H17FN2O/c1-9-3-2-4-10(12(9)14)17-8-13(5-6-13)7-11(15)16/h2-4H,5-8H2,1H3,(H3,15,16). The topological polar surface area (TPSA) is 59.1 Å². The van der Waals surface area contributed by atoms with Gasteiger partial charge in [0.25, 0.3) is 0 Å². The van der Waals surface area contributed by atoms with Gasteiger partial charge in [0.05, 0.1) is 12.4 Å². The van der Waals surface area contributed by atoms with Crippen LogP contribution >= 0.6 is 0 Å². The van der Waals surface area contributed by atoms with Crippen LogP contribution in [0.4, 0.5) is 4.39 Å². The second kappa shape index (κ2) is 4.35. The van der Waals surface area contributed by atoms with Crippen LogP contribution in [-0.2, 0) is 0 Å². The molecule has 0 atom stereocenters. The highest BCUT2D eigenvalue weighted by Gasteiger charge is 2.44. The minimum Gasteiger partial charge on any atom is -0.490 e. The zero-order valence-electron chi connectivity index (χ0n) is 9.92.